The van der Waals surface area contributed by atoms with Crippen molar-refractivity contribution in [3.63, 3.8) is 0 Å². The van der Waals surface area contributed by atoms with E-state index < -0.39 is 11.9 Å². The largest absolute Gasteiger partial charge is 0.481 e. The van der Waals surface area contributed by atoms with Gasteiger partial charge in [-0.3, -0.25) is 14.6 Å². The molecule has 5 nitrogen and oxygen atoms in total. The smallest absolute Gasteiger partial charge is 0.308 e. The van der Waals surface area contributed by atoms with Gasteiger partial charge in [-0.15, -0.1) is 0 Å². The number of fused-ring (bicyclic) bond motifs is 1. The first-order chi connectivity index (χ1) is 11.4. The van der Waals surface area contributed by atoms with Gasteiger partial charge in [-0.25, -0.2) is 0 Å². The fourth-order valence-electron chi connectivity index (χ4n) is 2.92. The number of pyridine rings is 1. The summed E-state index contributed by atoms with van der Waals surface area (Å²) in [6, 6.07) is 8.01. The molecular formula is C19H22N2O3. The molecule has 1 atom stereocenters. The summed E-state index contributed by atoms with van der Waals surface area (Å²) in [5, 5.41) is 10.1. The average Bonchev–Trinajstić information content (AvgIpc) is 3.36. The summed E-state index contributed by atoms with van der Waals surface area (Å²) in [6.45, 7) is 5.72. The normalized spacial score (nSPS) is 15.3. The summed E-state index contributed by atoms with van der Waals surface area (Å²) in [5.41, 5.74) is 3.24. The van der Waals surface area contributed by atoms with Crippen LogP contribution in [-0.2, 0) is 4.79 Å². The average molecular weight is 326 g/mol. The molecule has 0 saturated heterocycles. The molecule has 24 heavy (non-hydrogen) atoms. The molecule has 1 aliphatic carbocycles. The molecule has 0 radical (unpaired) electrons. The van der Waals surface area contributed by atoms with Crippen molar-refractivity contribution in [2.75, 3.05) is 6.54 Å². The maximum Gasteiger partial charge on any atom is 0.308 e. The van der Waals surface area contributed by atoms with Gasteiger partial charge in [0.15, 0.2) is 0 Å². The van der Waals surface area contributed by atoms with Crippen LogP contribution in [-0.4, -0.2) is 39.5 Å². The number of aromatic nitrogens is 1. The summed E-state index contributed by atoms with van der Waals surface area (Å²) in [6.07, 6.45) is 1.88. The van der Waals surface area contributed by atoms with E-state index in [0.29, 0.717) is 11.3 Å². The Balaban J connectivity index is 1.96. The van der Waals surface area contributed by atoms with Crippen molar-refractivity contribution in [2.45, 2.75) is 39.7 Å². The van der Waals surface area contributed by atoms with Crippen LogP contribution < -0.4 is 0 Å². The summed E-state index contributed by atoms with van der Waals surface area (Å²) >= 11 is 0. The van der Waals surface area contributed by atoms with E-state index in [-0.39, 0.29) is 18.5 Å². The minimum absolute atomic E-state index is 0.112. The molecule has 1 saturated carbocycles. The first kappa shape index (κ1) is 16.4. The fraction of sp³-hybridized carbons (Fsp3) is 0.421. The molecule has 0 aliphatic heterocycles. The van der Waals surface area contributed by atoms with Crippen LogP contribution in [0.1, 0.15) is 41.4 Å². The van der Waals surface area contributed by atoms with E-state index in [1.807, 2.05) is 38.1 Å². The van der Waals surface area contributed by atoms with Gasteiger partial charge >= 0.3 is 5.97 Å². The Labute approximate surface area is 141 Å². The second-order valence-electron chi connectivity index (χ2n) is 6.75. The predicted molar refractivity (Wildman–Crippen MR) is 92.1 cm³/mol. The van der Waals surface area contributed by atoms with E-state index in [4.69, 9.17) is 5.11 Å². The first-order valence-electron chi connectivity index (χ1n) is 8.28. The summed E-state index contributed by atoms with van der Waals surface area (Å²) in [4.78, 5) is 30.5. The van der Waals surface area contributed by atoms with E-state index in [1.54, 1.807) is 11.8 Å². The predicted octanol–water partition coefficient (Wildman–Crippen LogP) is 3.18. The number of aliphatic carboxylic acids is 1. The zero-order valence-electron chi connectivity index (χ0n) is 14.2. The summed E-state index contributed by atoms with van der Waals surface area (Å²) in [5.74, 6) is -1.57. The number of carbonyl (C=O) groups is 2. The quantitative estimate of drug-likeness (QED) is 0.916. The van der Waals surface area contributed by atoms with E-state index >= 15 is 0 Å². The second kappa shape index (κ2) is 6.23. The highest BCUT2D eigenvalue weighted by Crippen LogP contribution is 2.30. The monoisotopic (exact) mass is 326 g/mol. The lowest BCUT2D eigenvalue weighted by Crippen LogP contribution is -2.39. The molecule has 1 aliphatic rings. The molecule has 0 spiro atoms. The Morgan fingerprint density at radius 2 is 2.00 bits per heavy atom. The van der Waals surface area contributed by atoms with Crippen LogP contribution in [0.15, 0.2) is 24.3 Å². The number of aryl methyl sites for hydroxylation is 2. The van der Waals surface area contributed by atoms with Gasteiger partial charge < -0.3 is 10.0 Å². The third-order valence-corrected chi connectivity index (χ3v) is 4.53. The van der Waals surface area contributed by atoms with Crippen molar-refractivity contribution in [3.05, 3.63) is 41.1 Å². The number of rotatable bonds is 5. The Bertz CT molecular complexity index is 812. The highest BCUT2D eigenvalue weighted by molar-refractivity contribution is 5.99. The van der Waals surface area contributed by atoms with E-state index in [9.17, 15) is 9.59 Å². The van der Waals surface area contributed by atoms with Gasteiger partial charge in [0.05, 0.1) is 22.7 Å². The number of hydrogen-bond donors (Lipinski definition) is 1. The molecule has 1 fully saturated rings. The van der Waals surface area contributed by atoms with Crippen LogP contribution in [0.5, 0.6) is 0 Å². The maximum atomic E-state index is 13.0. The number of amides is 1. The fourth-order valence-corrected chi connectivity index (χ4v) is 2.92. The molecule has 0 unspecified atom stereocenters. The third-order valence-electron chi connectivity index (χ3n) is 4.53. The van der Waals surface area contributed by atoms with Crippen molar-refractivity contribution in [3.8, 4) is 0 Å². The molecule has 5 heteroatoms. The Morgan fingerprint density at radius 1 is 1.29 bits per heavy atom. The van der Waals surface area contributed by atoms with Gasteiger partial charge in [0.1, 0.15) is 0 Å². The van der Waals surface area contributed by atoms with Crippen molar-refractivity contribution < 1.29 is 14.7 Å². The van der Waals surface area contributed by atoms with Crippen LogP contribution in [0.4, 0.5) is 0 Å². The van der Waals surface area contributed by atoms with E-state index in [2.05, 4.69) is 4.98 Å². The zero-order valence-corrected chi connectivity index (χ0v) is 14.2. The molecule has 126 valence electrons. The van der Waals surface area contributed by atoms with Crippen LogP contribution in [0.2, 0.25) is 0 Å². The molecule has 1 N–H and O–H groups in total. The lowest BCUT2D eigenvalue weighted by Gasteiger charge is -2.25. The standard InChI is InChI=1S/C19H22N2O3/c1-11-4-7-17-14(8-11)9-16(13(3)20-17)18(22)21(15-5-6-15)10-12(2)19(23)24/h4,7-9,12,15H,5-6,10H2,1-3H3,(H,23,24)/t12-/m1/s1. The topological polar surface area (TPSA) is 70.5 Å². The van der Waals surface area contributed by atoms with Crippen LogP contribution in [0, 0.1) is 19.8 Å². The van der Waals surface area contributed by atoms with Gasteiger partial charge in [0.25, 0.3) is 5.91 Å². The number of nitrogens with zero attached hydrogens (tertiary/aromatic N) is 2. The van der Waals surface area contributed by atoms with Gasteiger partial charge in [0.2, 0.25) is 0 Å². The van der Waals surface area contributed by atoms with E-state index in [1.165, 1.54) is 0 Å². The number of carboxylic acid groups (broad SMARTS) is 1. The summed E-state index contributed by atoms with van der Waals surface area (Å²) in [7, 11) is 0. The number of carboxylic acids is 1. The Kier molecular flexibility index (Phi) is 4.26. The van der Waals surface area contributed by atoms with E-state index in [0.717, 1.165) is 29.3 Å². The molecule has 0 bridgehead atoms. The molecule has 1 amide bonds. The highest BCUT2D eigenvalue weighted by atomic mass is 16.4. The molecular weight excluding hydrogens is 304 g/mol. The molecule has 2 aromatic rings. The number of hydrogen-bond acceptors (Lipinski definition) is 3. The second-order valence-corrected chi connectivity index (χ2v) is 6.75. The number of benzene rings is 1. The maximum absolute atomic E-state index is 13.0. The van der Waals surface area contributed by atoms with Crippen molar-refractivity contribution in [2.24, 2.45) is 5.92 Å². The molecule has 1 aromatic heterocycles. The van der Waals surface area contributed by atoms with Crippen molar-refractivity contribution in [1.82, 2.24) is 9.88 Å². The number of carbonyl (C=O) groups excluding carboxylic acids is 1. The zero-order chi connectivity index (χ0) is 17.4. The van der Waals surface area contributed by atoms with Crippen molar-refractivity contribution >= 4 is 22.8 Å². The SMILES string of the molecule is Cc1ccc2nc(C)c(C(=O)N(C[C@@H](C)C(=O)O)C3CC3)cc2c1. The van der Waals surface area contributed by atoms with Crippen molar-refractivity contribution in [1.29, 1.82) is 0 Å². The van der Waals surface area contributed by atoms with Crippen LogP contribution in [0.25, 0.3) is 10.9 Å². The highest BCUT2D eigenvalue weighted by Gasteiger charge is 2.35. The van der Waals surface area contributed by atoms with Gasteiger partial charge in [-0.05, 0) is 44.9 Å². The molecule has 1 aromatic carbocycles. The lowest BCUT2D eigenvalue weighted by atomic mass is 10.1. The van der Waals surface area contributed by atoms with Gasteiger partial charge in [-0.1, -0.05) is 18.6 Å². The third kappa shape index (κ3) is 3.25. The minimum Gasteiger partial charge on any atom is -0.481 e. The van der Waals surface area contributed by atoms with Crippen LogP contribution in [0.3, 0.4) is 0 Å². The van der Waals surface area contributed by atoms with Crippen LogP contribution >= 0.6 is 0 Å². The molecule has 3 rings (SSSR count). The van der Waals surface area contributed by atoms with Gasteiger partial charge in [0, 0.05) is 18.0 Å². The Hall–Kier alpha value is -2.43. The first-order valence-corrected chi connectivity index (χ1v) is 8.28. The minimum atomic E-state index is -0.877. The molecule has 1 heterocycles. The van der Waals surface area contributed by atoms with Gasteiger partial charge in [-0.2, -0.15) is 0 Å². The summed E-state index contributed by atoms with van der Waals surface area (Å²) < 4.78 is 0. The lowest BCUT2D eigenvalue weighted by molar-refractivity contribution is -0.141. The Morgan fingerprint density at radius 3 is 2.62 bits per heavy atom.